The lowest BCUT2D eigenvalue weighted by Crippen LogP contribution is -2.03. The fourth-order valence-electron chi connectivity index (χ4n) is 2.27. The molecule has 0 aliphatic heterocycles. The molecule has 116 valence electrons. The van der Waals surface area contributed by atoms with Crippen molar-refractivity contribution in [3.8, 4) is 0 Å². The van der Waals surface area contributed by atoms with Crippen molar-refractivity contribution in [1.82, 2.24) is 0 Å². The molecule has 0 saturated heterocycles. The van der Waals surface area contributed by atoms with E-state index in [1.165, 1.54) is 18.2 Å². The van der Waals surface area contributed by atoms with Gasteiger partial charge in [-0.1, -0.05) is 42.5 Å². The van der Waals surface area contributed by atoms with E-state index in [1.54, 1.807) is 12.1 Å². The molecule has 0 aromatic heterocycles. The van der Waals surface area contributed by atoms with Crippen LogP contribution >= 0.6 is 7.60 Å². The van der Waals surface area contributed by atoms with E-state index in [-0.39, 0.29) is 11.0 Å². The molecule has 0 spiro atoms. The molecule has 3 aromatic carbocycles. The molecule has 0 fully saturated rings. The lowest BCUT2D eigenvalue weighted by Gasteiger charge is -2.07. The molecule has 0 unspecified atom stereocenters. The van der Waals surface area contributed by atoms with Crippen LogP contribution in [0.3, 0.4) is 0 Å². The van der Waals surface area contributed by atoms with Crippen molar-refractivity contribution in [1.29, 1.82) is 0 Å². The first kappa shape index (κ1) is 15.4. The third-order valence-corrected chi connectivity index (χ3v) is 4.41. The molecule has 3 rings (SSSR count). The average molecular weight is 327 g/mol. The van der Waals surface area contributed by atoms with Crippen LogP contribution in [0.4, 0.5) is 17.1 Å². The Morgan fingerprint density at radius 1 is 0.826 bits per heavy atom. The van der Waals surface area contributed by atoms with E-state index < -0.39 is 7.60 Å². The molecular weight excluding hydrogens is 313 g/mol. The summed E-state index contributed by atoms with van der Waals surface area (Å²) in [5.74, 6) is 0. The normalized spacial score (nSPS) is 12.1. The number of rotatable bonds is 3. The summed E-state index contributed by atoms with van der Waals surface area (Å²) >= 11 is 0. The topological polar surface area (TPSA) is 108 Å². The van der Waals surface area contributed by atoms with Gasteiger partial charge in [0.2, 0.25) is 0 Å². The second kappa shape index (κ2) is 5.93. The molecule has 7 heteroatoms. The second-order valence-corrected chi connectivity index (χ2v) is 6.52. The molecule has 0 aliphatic carbocycles. The fourth-order valence-corrected chi connectivity index (χ4v) is 2.97. The number of benzene rings is 3. The minimum absolute atomic E-state index is 0.119. The monoisotopic (exact) mass is 327 g/mol. The zero-order valence-corrected chi connectivity index (χ0v) is 12.9. The van der Waals surface area contributed by atoms with Gasteiger partial charge in [0.25, 0.3) is 0 Å². The Hall–Kier alpha value is -2.53. The molecule has 3 aromatic rings. The lowest BCUT2D eigenvalue weighted by atomic mass is 10.1. The smallest absolute Gasteiger partial charge is 0.358 e. The number of fused-ring (bicyclic) bond motifs is 1. The number of hydrogen-bond acceptors (Lipinski definition) is 4. The van der Waals surface area contributed by atoms with Crippen LogP contribution < -0.4 is 11.0 Å². The molecule has 0 saturated carbocycles. The van der Waals surface area contributed by atoms with Gasteiger partial charge in [0.15, 0.2) is 0 Å². The summed E-state index contributed by atoms with van der Waals surface area (Å²) in [7, 11) is -4.41. The van der Waals surface area contributed by atoms with E-state index in [2.05, 4.69) is 10.2 Å². The summed E-state index contributed by atoms with van der Waals surface area (Å²) in [6.45, 7) is 0. The van der Waals surface area contributed by atoms with Crippen molar-refractivity contribution in [2.75, 3.05) is 5.73 Å². The highest BCUT2D eigenvalue weighted by Gasteiger charge is 2.20. The van der Waals surface area contributed by atoms with Crippen LogP contribution in [0.25, 0.3) is 10.8 Å². The van der Waals surface area contributed by atoms with Crippen LogP contribution in [0, 0.1) is 0 Å². The van der Waals surface area contributed by atoms with Crippen molar-refractivity contribution in [2.24, 2.45) is 10.2 Å². The number of azo groups is 1. The fraction of sp³-hybridized carbons (Fsp3) is 0. The summed E-state index contributed by atoms with van der Waals surface area (Å²) in [5, 5.41) is 9.70. The molecule has 0 heterocycles. The van der Waals surface area contributed by atoms with Crippen LogP contribution in [0.1, 0.15) is 0 Å². The van der Waals surface area contributed by atoms with Crippen molar-refractivity contribution in [3.63, 3.8) is 0 Å². The highest BCUT2D eigenvalue weighted by molar-refractivity contribution is 7.60. The van der Waals surface area contributed by atoms with Crippen LogP contribution in [0.15, 0.2) is 70.9 Å². The summed E-state index contributed by atoms with van der Waals surface area (Å²) in [5.41, 5.74) is 7.14. The molecule has 23 heavy (non-hydrogen) atoms. The quantitative estimate of drug-likeness (QED) is 0.387. The Bertz CT molecular complexity index is 950. The van der Waals surface area contributed by atoms with Crippen molar-refractivity contribution in [3.05, 3.63) is 60.7 Å². The summed E-state index contributed by atoms with van der Waals surface area (Å²) in [6.07, 6.45) is 0. The largest absolute Gasteiger partial charge is 0.396 e. The van der Waals surface area contributed by atoms with Crippen molar-refractivity contribution >= 4 is 40.7 Å². The molecular formula is C16H14N3O3P. The van der Waals surface area contributed by atoms with Gasteiger partial charge in [0.05, 0.1) is 11.0 Å². The predicted octanol–water partition coefficient (Wildman–Crippen LogP) is 3.64. The van der Waals surface area contributed by atoms with E-state index in [9.17, 15) is 14.4 Å². The zero-order chi connectivity index (χ0) is 16.4. The maximum Gasteiger partial charge on any atom is 0.358 e. The average Bonchev–Trinajstić information content (AvgIpc) is 2.54. The Morgan fingerprint density at radius 2 is 1.48 bits per heavy atom. The molecule has 0 atom stereocenters. The van der Waals surface area contributed by atoms with Crippen LogP contribution in [0.2, 0.25) is 0 Å². The Labute approximate surface area is 132 Å². The first-order valence-corrected chi connectivity index (χ1v) is 8.42. The molecule has 6 nitrogen and oxygen atoms in total. The Morgan fingerprint density at radius 3 is 2.26 bits per heavy atom. The van der Waals surface area contributed by atoms with Crippen molar-refractivity contribution in [2.45, 2.75) is 0 Å². The van der Waals surface area contributed by atoms with E-state index in [4.69, 9.17) is 5.73 Å². The minimum Gasteiger partial charge on any atom is -0.396 e. The molecule has 0 bridgehead atoms. The first-order valence-electron chi connectivity index (χ1n) is 6.81. The van der Waals surface area contributed by atoms with Crippen LogP contribution in [-0.4, -0.2) is 9.79 Å². The van der Waals surface area contributed by atoms with Gasteiger partial charge < -0.3 is 15.5 Å². The van der Waals surface area contributed by atoms with Gasteiger partial charge in [-0.15, -0.1) is 10.2 Å². The number of anilines is 1. The zero-order valence-electron chi connectivity index (χ0n) is 12.0. The van der Waals surface area contributed by atoms with Gasteiger partial charge in [-0.3, -0.25) is 4.57 Å². The summed E-state index contributed by atoms with van der Waals surface area (Å²) in [4.78, 5) is 18.7. The van der Waals surface area contributed by atoms with Gasteiger partial charge in [-0.2, -0.15) is 0 Å². The third kappa shape index (κ3) is 3.14. The molecule has 0 aliphatic rings. The van der Waals surface area contributed by atoms with Crippen LogP contribution in [0.5, 0.6) is 0 Å². The van der Waals surface area contributed by atoms with E-state index in [1.807, 2.05) is 30.3 Å². The molecule has 0 radical (unpaired) electrons. The van der Waals surface area contributed by atoms with E-state index in [0.29, 0.717) is 11.4 Å². The third-order valence-electron chi connectivity index (χ3n) is 3.41. The second-order valence-electron chi connectivity index (χ2n) is 4.95. The number of nitrogen functional groups attached to an aromatic ring is 1. The van der Waals surface area contributed by atoms with E-state index >= 15 is 0 Å². The van der Waals surface area contributed by atoms with Crippen LogP contribution in [-0.2, 0) is 4.57 Å². The predicted molar refractivity (Wildman–Crippen MR) is 90.7 cm³/mol. The van der Waals surface area contributed by atoms with Gasteiger partial charge >= 0.3 is 7.60 Å². The number of hydrogen-bond donors (Lipinski definition) is 3. The summed E-state index contributed by atoms with van der Waals surface area (Å²) in [6, 6.07) is 17.2. The molecule has 4 N–H and O–H groups in total. The SMILES string of the molecule is Nc1c(N=Nc2ccccc2P(=O)(O)O)ccc2ccccc12. The number of nitrogens with two attached hydrogens (primary N) is 1. The highest BCUT2D eigenvalue weighted by atomic mass is 31.2. The molecule has 0 amide bonds. The first-order chi connectivity index (χ1) is 11.0. The maximum absolute atomic E-state index is 11.5. The Balaban J connectivity index is 2.05. The maximum atomic E-state index is 11.5. The lowest BCUT2D eigenvalue weighted by molar-refractivity contribution is 0.387. The minimum atomic E-state index is -4.41. The van der Waals surface area contributed by atoms with Crippen molar-refractivity contribution < 1.29 is 14.4 Å². The highest BCUT2D eigenvalue weighted by Crippen LogP contribution is 2.38. The van der Waals surface area contributed by atoms with Gasteiger partial charge in [-0.05, 0) is 23.6 Å². The number of nitrogens with zero attached hydrogens (tertiary/aromatic N) is 2. The van der Waals surface area contributed by atoms with Gasteiger partial charge in [0.1, 0.15) is 11.4 Å². The summed E-state index contributed by atoms with van der Waals surface area (Å²) < 4.78 is 11.5. The standard InChI is InChI=1S/C16H14N3O3P/c17-16-12-6-2-1-5-11(12)9-10-14(16)19-18-13-7-3-4-8-15(13)23(20,21)22/h1-10H,17H2,(H2,20,21,22). The van der Waals surface area contributed by atoms with Gasteiger partial charge in [0, 0.05) is 5.39 Å². The Kier molecular flexibility index (Phi) is 3.96. The van der Waals surface area contributed by atoms with Gasteiger partial charge in [-0.25, -0.2) is 0 Å². The van der Waals surface area contributed by atoms with E-state index in [0.717, 1.165) is 10.8 Å².